The first-order valence-corrected chi connectivity index (χ1v) is 8.14. The highest BCUT2D eigenvalue weighted by Gasteiger charge is 2.07. The van der Waals surface area contributed by atoms with E-state index in [2.05, 4.69) is 6.92 Å². The van der Waals surface area contributed by atoms with Crippen LogP contribution in [0.25, 0.3) is 0 Å². The third kappa shape index (κ3) is 6.31. The van der Waals surface area contributed by atoms with Gasteiger partial charge in [-0.15, -0.1) is 0 Å². The number of rotatable bonds is 11. The maximum Gasteiger partial charge on any atom is 0.163 e. The summed E-state index contributed by atoms with van der Waals surface area (Å²) < 4.78 is 5.26. The number of unbranched alkanes of at least 4 members (excludes halogenated alkanes) is 8. The van der Waals surface area contributed by atoms with E-state index in [-0.39, 0.29) is 5.75 Å². The molecule has 114 valence electrons. The Morgan fingerprint density at radius 2 is 1.50 bits per heavy atom. The molecular weight excluding hydrogens is 248 g/mol. The lowest BCUT2D eigenvalue weighted by Crippen LogP contribution is -1.93. The zero-order valence-electron chi connectivity index (χ0n) is 13.2. The molecule has 2 nitrogen and oxygen atoms in total. The average molecular weight is 278 g/mol. The van der Waals surface area contributed by atoms with Gasteiger partial charge in [-0.1, -0.05) is 70.4 Å². The molecule has 1 aromatic rings. The van der Waals surface area contributed by atoms with Crippen LogP contribution in [-0.2, 0) is 6.42 Å². The number of aryl methyl sites for hydroxylation is 1. The van der Waals surface area contributed by atoms with Crippen LogP contribution in [0.4, 0.5) is 0 Å². The lowest BCUT2D eigenvalue weighted by atomic mass is 10.0. The van der Waals surface area contributed by atoms with Crippen LogP contribution in [0, 0.1) is 0 Å². The Morgan fingerprint density at radius 3 is 2.10 bits per heavy atom. The van der Waals surface area contributed by atoms with Gasteiger partial charge in [-0.2, -0.15) is 0 Å². The Kier molecular flexibility index (Phi) is 8.93. The van der Waals surface area contributed by atoms with E-state index < -0.39 is 0 Å². The number of hydrogen-bond acceptors (Lipinski definition) is 2. The van der Waals surface area contributed by atoms with Crippen molar-refractivity contribution in [3.05, 3.63) is 23.8 Å². The SMILES string of the molecule is CCCCCCCCCCCc1cccc(O)c1OC. The quantitative estimate of drug-likeness (QED) is 0.543. The molecule has 20 heavy (non-hydrogen) atoms. The second kappa shape index (κ2) is 10.6. The molecule has 0 radical (unpaired) electrons. The number of para-hydroxylation sites is 1. The molecule has 0 spiro atoms. The molecule has 2 heteroatoms. The smallest absolute Gasteiger partial charge is 0.163 e. The van der Waals surface area contributed by atoms with Gasteiger partial charge in [0, 0.05) is 0 Å². The molecule has 0 aliphatic carbocycles. The summed E-state index contributed by atoms with van der Waals surface area (Å²) in [5.41, 5.74) is 1.12. The predicted octanol–water partition coefficient (Wildman–Crippen LogP) is 5.47. The number of phenols is 1. The van der Waals surface area contributed by atoms with Gasteiger partial charge in [-0.25, -0.2) is 0 Å². The molecule has 0 aliphatic heterocycles. The van der Waals surface area contributed by atoms with Crippen LogP contribution < -0.4 is 4.74 Å². The third-order valence-electron chi connectivity index (χ3n) is 3.83. The zero-order chi connectivity index (χ0) is 14.6. The summed E-state index contributed by atoms with van der Waals surface area (Å²) in [6.07, 6.45) is 13.0. The van der Waals surface area contributed by atoms with Crippen molar-refractivity contribution in [2.45, 2.75) is 71.1 Å². The number of benzene rings is 1. The van der Waals surface area contributed by atoms with E-state index in [1.54, 1.807) is 13.2 Å². The first-order valence-electron chi connectivity index (χ1n) is 8.14. The molecular formula is C18H30O2. The van der Waals surface area contributed by atoms with Crippen LogP contribution in [0.5, 0.6) is 11.5 Å². The van der Waals surface area contributed by atoms with Gasteiger partial charge in [0.15, 0.2) is 11.5 Å². The highest BCUT2D eigenvalue weighted by atomic mass is 16.5. The molecule has 0 aliphatic rings. The molecule has 0 bridgehead atoms. The van der Waals surface area contributed by atoms with Crippen LogP contribution in [0.1, 0.15) is 70.3 Å². The summed E-state index contributed by atoms with van der Waals surface area (Å²) in [6, 6.07) is 5.61. The number of hydrogen-bond donors (Lipinski definition) is 1. The van der Waals surface area contributed by atoms with Crippen LogP contribution in [0.2, 0.25) is 0 Å². The second-order valence-electron chi connectivity index (χ2n) is 5.55. The van der Waals surface area contributed by atoms with E-state index in [0.717, 1.165) is 12.0 Å². The van der Waals surface area contributed by atoms with Gasteiger partial charge in [0.2, 0.25) is 0 Å². The molecule has 0 amide bonds. The largest absolute Gasteiger partial charge is 0.504 e. The monoisotopic (exact) mass is 278 g/mol. The first kappa shape index (κ1) is 16.9. The van der Waals surface area contributed by atoms with Gasteiger partial charge in [-0.3, -0.25) is 0 Å². The van der Waals surface area contributed by atoms with Crippen molar-refractivity contribution in [3.8, 4) is 11.5 Å². The highest BCUT2D eigenvalue weighted by Crippen LogP contribution is 2.30. The maximum atomic E-state index is 9.71. The summed E-state index contributed by atoms with van der Waals surface area (Å²) in [7, 11) is 1.62. The Balaban J connectivity index is 2.11. The number of phenolic OH excluding ortho intramolecular Hbond substituents is 1. The predicted molar refractivity (Wildman–Crippen MR) is 85.6 cm³/mol. The van der Waals surface area contributed by atoms with Gasteiger partial charge in [0.05, 0.1) is 7.11 Å². The van der Waals surface area contributed by atoms with E-state index in [1.807, 2.05) is 12.1 Å². The molecule has 1 N–H and O–H groups in total. The van der Waals surface area contributed by atoms with E-state index in [9.17, 15) is 5.11 Å². The van der Waals surface area contributed by atoms with Crippen LogP contribution >= 0.6 is 0 Å². The second-order valence-corrected chi connectivity index (χ2v) is 5.55. The fraction of sp³-hybridized carbons (Fsp3) is 0.667. The van der Waals surface area contributed by atoms with Crippen molar-refractivity contribution in [3.63, 3.8) is 0 Å². The maximum absolute atomic E-state index is 9.71. The molecule has 0 saturated carbocycles. The van der Waals surface area contributed by atoms with Gasteiger partial charge in [0.25, 0.3) is 0 Å². The molecule has 0 aromatic heterocycles. The van der Waals surface area contributed by atoms with Gasteiger partial charge in [-0.05, 0) is 24.5 Å². The van der Waals surface area contributed by atoms with Crippen LogP contribution in [-0.4, -0.2) is 12.2 Å². The normalized spacial score (nSPS) is 10.7. The topological polar surface area (TPSA) is 29.5 Å². The Bertz CT molecular complexity index is 360. The molecule has 0 heterocycles. The fourth-order valence-electron chi connectivity index (χ4n) is 2.63. The van der Waals surface area contributed by atoms with Crippen LogP contribution in [0.3, 0.4) is 0 Å². The van der Waals surface area contributed by atoms with Crippen molar-refractivity contribution < 1.29 is 9.84 Å². The van der Waals surface area contributed by atoms with Crippen molar-refractivity contribution in [2.24, 2.45) is 0 Å². The van der Waals surface area contributed by atoms with Gasteiger partial charge in [0.1, 0.15) is 0 Å². The fourth-order valence-corrected chi connectivity index (χ4v) is 2.63. The third-order valence-corrected chi connectivity index (χ3v) is 3.83. The summed E-state index contributed by atoms with van der Waals surface area (Å²) in [5.74, 6) is 0.896. The lowest BCUT2D eigenvalue weighted by Gasteiger charge is -2.09. The highest BCUT2D eigenvalue weighted by molar-refractivity contribution is 5.45. The lowest BCUT2D eigenvalue weighted by molar-refractivity contribution is 0.368. The van der Waals surface area contributed by atoms with Crippen LogP contribution in [0.15, 0.2) is 18.2 Å². The Hall–Kier alpha value is -1.18. The van der Waals surface area contributed by atoms with Crippen molar-refractivity contribution in [2.75, 3.05) is 7.11 Å². The van der Waals surface area contributed by atoms with Crippen molar-refractivity contribution in [1.82, 2.24) is 0 Å². The first-order chi connectivity index (χ1) is 9.79. The van der Waals surface area contributed by atoms with E-state index >= 15 is 0 Å². The molecule has 1 rings (SSSR count). The van der Waals surface area contributed by atoms with Crippen molar-refractivity contribution in [1.29, 1.82) is 0 Å². The summed E-state index contributed by atoms with van der Waals surface area (Å²) in [5, 5.41) is 9.71. The Labute approximate surface area is 124 Å². The van der Waals surface area contributed by atoms with Crippen molar-refractivity contribution >= 4 is 0 Å². The summed E-state index contributed by atoms with van der Waals surface area (Å²) >= 11 is 0. The van der Waals surface area contributed by atoms with E-state index in [0.29, 0.717) is 5.75 Å². The zero-order valence-corrected chi connectivity index (χ0v) is 13.2. The standard InChI is InChI=1S/C18H30O2/c1-3-4-5-6-7-8-9-10-11-13-16-14-12-15-17(19)18(16)20-2/h12,14-15,19H,3-11,13H2,1-2H3. The Morgan fingerprint density at radius 1 is 0.900 bits per heavy atom. The number of methoxy groups -OCH3 is 1. The number of aromatic hydroxyl groups is 1. The minimum absolute atomic E-state index is 0.251. The summed E-state index contributed by atoms with van der Waals surface area (Å²) in [6.45, 7) is 2.26. The minimum Gasteiger partial charge on any atom is -0.504 e. The minimum atomic E-state index is 0.251. The molecule has 0 saturated heterocycles. The van der Waals surface area contributed by atoms with Gasteiger partial charge < -0.3 is 9.84 Å². The molecule has 1 aromatic carbocycles. The average Bonchev–Trinajstić information content (AvgIpc) is 2.45. The molecule has 0 atom stereocenters. The summed E-state index contributed by atoms with van der Waals surface area (Å²) in [4.78, 5) is 0. The van der Waals surface area contributed by atoms with E-state index in [4.69, 9.17) is 4.74 Å². The molecule has 0 unspecified atom stereocenters. The van der Waals surface area contributed by atoms with Gasteiger partial charge >= 0.3 is 0 Å². The van der Waals surface area contributed by atoms with E-state index in [1.165, 1.54) is 57.8 Å². The number of ether oxygens (including phenoxy) is 1. The molecule has 0 fully saturated rings.